The lowest BCUT2D eigenvalue weighted by Gasteiger charge is -2.35. The Morgan fingerprint density at radius 3 is 2.49 bits per heavy atom. The summed E-state index contributed by atoms with van der Waals surface area (Å²) in [7, 11) is 0. The van der Waals surface area contributed by atoms with Crippen LogP contribution >= 0.6 is 0 Å². The van der Waals surface area contributed by atoms with Crippen LogP contribution in [0.4, 0.5) is 11.5 Å². The highest BCUT2D eigenvalue weighted by Crippen LogP contribution is 2.32. The van der Waals surface area contributed by atoms with Gasteiger partial charge in [-0.2, -0.15) is 0 Å². The zero-order valence-corrected chi connectivity index (χ0v) is 21.2. The molecular formula is C28H33N5O4. The van der Waals surface area contributed by atoms with Gasteiger partial charge in [-0.05, 0) is 24.3 Å². The first-order chi connectivity index (χ1) is 18.1. The number of carbonyl (C=O) groups is 2. The lowest BCUT2D eigenvalue weighted by molar-refractivity contribution is -0.129. The summed E-state index contributed by atoms with van der Waals surface area (Å²) >= 11 is 0. The number of morpholine rings is 1. The van der Waals surface area contributed by atoms with Crippen LogP contribution in [0.5, 0.6) is 5.75 Å². The second kappa shape index (κ2) is 11.6. The van der Waals surface area contributed by atoms with Crippen molar-refractivity contribution in [2.45, 2.75) is 6.92 Å². The van der Waals surface area contributed by atoms with Crippen molar-refractivity contribution in [2.75, 3.05) is 75.9 Å². The Balaban J connectivity index is 1.26. The van der Waals surface area contributed by atoms with E-state index in [0.717, 1.165) is 60.9 Å². The number of pyridine rings is 1. The highest BCUT2D eigenvalue weighted by atomic mass is 16.5. The van der Waals surface area contributed by atoms with Gasteiger partial charge in [0.25, 0.3) is 5.91 Å². The van der Waals surface area contributed by atoms with Crippen molar-refractivity contribution in [3.05, 3.63) is 60.3 Å². The number of hydrogen-bond acceptors (Lipinski definition) is 7. The Labute approximate surface area is 217 Å². The number of aromatic nitrogens is 1. The van der Waals surface area contributed by atoms with Crippen LogP contribution in [0.25, 0.3) is 10.8 Å². The SMILES string of the molecule is CC(=O)N1CCN(c2cc(C(=O)Nc3ccc(OCCN4CCOCC4)c4ccccc34)ccn2)CC1. The van der Waals surface area contributed by atoms with Crippen LogP contribution < -0.4 is 15.0 Å². The topological polar surface area (TPSA) is 87.2 Å². The van der Waals surface area contributed by atoms with E-state index in [1.807, 2.05) is 47.4 Å². The zero-order valence-electron chi connectivity index (χ0n) is 21.2. The van der Waals surface area contributed by atoms with Crippen molar-refractivity contribution in [1.29, 1.82) is 0 Å². The molecule has 0 aliphatic carbocycles. The fourth-order valence-electron chi connectivity index (χ4n) is 4.79. The van der Waals surface area contributed by atoms with Crippen LogP contribution in [0.1, 0.15) is 17.3 Å². The molecular weight excluding hydrogens is 470 g/mol. The van der Waals surface area contributed by atoms with E-state index >= 15 is 0 Å². The molecule has 37 heavy (non-hydrogen) atoms. The highest BCUT2D eigenvalue weighted by molar-refractivity contribution is 6.10. The number of anilines is 2. The standard InChI is InChI=1S/C28H33N5O4/c1-21(34)32-10-12-33(13-11-32)27-20-22(8-9-29-27)28(35)30-25-6-7-26(24-5-3-2-4-23(24)25)37-19-16-31-14-17-36-18-15-31/h2-9,20H,10-19H2,1H3,(H,30,35). The number of hydrogen-bond donors (Lipinski definition) is 1. The highest BCUT2D eigenvalue weighted by Gasteiger charge is 2.20. The molecule has 2 aromatic carbocycles. The van der Waals surface area contributed by atoms with Gasteiger partial charge in [-0.15, -0.1) is 0 Å². The molecule has 0 unspecified atom stereocenters. The van der Waals surface area contributed by atoms with Gasteiger partial charge in [-0.1, -0.05) is 24.3 Å². The molecule has 2 aliphatic rings. The van der Waals surface area contributed by atoms with E-state index in [2.05, 4.69) is 20.1 Å². The first kappa shape index (κ1) is 25.0. The third-order valence-corrected chi connectivity index (χ3v) is 6.96. The number of rotatable bonds is 7. The summed E-state index contributed by atoms with van der Waals surface area (Å²) in [5.74, 6) is 1.43. The number of nitrogens with zero attached hydrogens (tertiary/aromatic N) is 4. The second-order valence-corrected chi connectivity index (χ2v) is 9.31. The van der Waals surface area contributed by atoms with Gasteiger partial charge in [0.15, 0.2) is 0 Å². The summed E-state index contributed by atoms with van der Waals surface area (Å²) in [6, 6.07) is 15.3. The van der Waals surface area contributed by atoms with Crippen LogP contribution in [0.2, 0.25) is 0 Å². The quantitative estimate of drug-likeness (QED) is 0.531. The minimum absolute atomic E-state index is 0.0847. The van der Waals surface area contributed by atoms with Crippen LogP contribution in [0.3, 0.4) is 0 Å². The van der Waals surface area contributed by atoms with Crippen LogP contribution in [0.15, 0.2) is 54.7 Å². The van der Waals surface area contributed by atoms with Crippen LogP contribution in [-0.2, 0) is 9.53 Å². The molecule has 0 bridgehead atoms. The normalized spacial score (nSPS) is 16.6. The zero-order chi connectivity index (χ0) is 25.6. The molecule has 0 atom stereocenters. The fourth-order valence-corrected chi connectivity index (χ4v) is 4.79. The van der Waals surface area contributed by atoms with Crippen molar-refractivity contribution < 1.29 is 19.1 Å². The molecule has 1 N–H and O–H groups in total. The summed E-state index contributed by atoms with van der Waals surface area (Å²) in [5, 5.41) is 4.96. The van der Waals surface area contributed by atoms with Gasteiger partial charge in [-0.3, -0.25) is 14.5 Å². The second-order valence-electron chi connectivity index (χ2n) is 9.31. The number of piperazine rings is 1. The smallest absolute Gasteiger partial charge is 0.255 e. The molecule has 3 aromatic rings. The third kappa shape index (κ3) is 6.00. The predicted molar refractivity (Wildman–Crippen MR) is 143 cm³/mol. The van der Waals surface area contributed by atoms with Gasteiger partial charge in [0.2, 0.25) is 5.91 Å². The van der Waals surface area contributed by atoms with E-state index < -0.39 is 0 Å². The van der Waals surface area contributed by atoms with Gasteiger partial charge in [0, 0.05) is 81.0 Å². The maximum Gasteiger partial charge on any atom is 0.255 e. The molecule has 1 aromatic heterocycles. The molecule has 194 valence electrons. The summed E-state index contributed by atoms with van der Waals surface area (Å²) in [4.78, 5) is 35.6. The van der Waals surface area contributed by atoms with Gasteiger partial charge in [-0.25, -0.2) is 4.98 Å². The van der Waals surface area contributed by atoms with Crippen molar-refractivity contribution in [1.82, 2.24) is 14.8 Å². The molecule has 3 heterocycles. The number of ether oxygens (including phenoxy) is 2. The molecule has 0 spiro atoms. The average molecular weight is 504 g/mol. The molecule has 0 radical (unpaired) electrons. The number of nitrogens with one attached hydrogen (secondary N) is 1. The lowest BCUT2D eigenvalue weighted by Crippen LogP contribution is -2.48. The van der Waals surface area contributed by atoms with Crippen molar-refractivity contribution in [2.24, 2.45) is 0 Å². The molecule has 0 saturated carbocycles. The van der Waals surface area contributed by atoms with Gasteiger partial charge in [0.1, 0.15) is 18.2 Å². The summed E-state index contributed by atoms with van der Waals surface area (Å²) in [6.45, 7) is 9.12. The maximum atomic E-state index is 13.2. The maximum absolute atomic E-state index is 13.2. The molecule has 5 rings (SSSR count). The lowest BCUT2D eigenvalue weighted by atomic mass is 10.1. The third-order valence-electron chi connectivity index (χ3n) is 6.96. The number of fused-ring (bicyclic) bond motifs is 1. The molecule has 2 amide bonds. The first-order valence-corrected chi connectivity index (χ1v) is 12.8. The Bertz CT molecular complexity index is 1250. The molecule has 9 nitrogen and oxygen atoms in total. The fraction of sp³-hybridized carbons (Fsp3) is 0.393. The van der Waals surface area contributed by atoms with Gasteiger partial charge >= 0.3 is 0 Å². The summed E-state index contributed by atoms with van der Waals surface area (Å²) < 4.78 is 11.6. The summed E-state index contributed by atoms with van der Waals surface area (Å²) in [5.41, 5.74) is 1.27. The Hall–Kier alpha value is -3.69. The van der Waals surface area contributed by atoms with Gasteiger partial charge < -0.3 is 24.6 Å². The monoisotopic (exact) mass is 503 g/mol. The van der Waals surface area contributed by atoms with E-state index in [-0.39, 0.29) is 11.8 Å². The van der Waals surface area contributed by atoms with Crippen LogP contribution in [-0.4, -0.2) is 92.2 Å². The minimum Gasteiger partial charge on any atom is -0.492 e. The predicted octanol–water partition coefficient (Wildman–Crippen LogP) is 2.87. The Kier molecular flexibility index (Phi) is 7.82. The van der Waals surface area contributed by atoms with E-state index in [4.69, 9.17) is 9.47 Å². The molecule has 9 heteroatoms. The Morgan fingerprint density at radius 2 is 1.73 bits per heavy atom. The van der Waals surface area contributed by atoms with E-state index in [1.165, 1.54) is 0 Å². The van der Waals surface area contributed by atoms with Crippen LogP contribution in [0, 0.1) is 0 Å². The molecule has 2 saturated heterocycles. The molecule has 2 aliphatic heterocycles. The van der Waals surface area contributed by atoms with E-state index in [1.54, 1.807) is 19.2 Å². The largest absolute Gasteiger partial charge is 0.492 e. The number of amides is 2. The first-order valence-electron chi connectivity index (χ1n) is 12.8. The van der Waals surface area contributed by atoms with E-state index in [9.17, 15) is 9.59 Å². The van der Waals surface area contributed by atoms with Gasteiger partial charge in [0.05, 0.1) is 13.2 Å². The summed E-state index contributed by atoms with van der Waals surface area (Å²) in [6.07, 6.45) is 1.66. The average Bonchev–Trinajstić information content (AvgIpc) is 2.95. The van der Waals surface area contributed by atoms with E-state index in [0.29, 0.717) is 38.3 Å². The molecule has 2 fully saturated rings. The number of carbonyl (C=O) groups excluding carboxylic acids is 2. The number of benzene rings is 2. The van der Waals surface area contributed by atoms with Crippen molar-refractivity contribution in [3.63, 3.8) is 0 Å². The van der Waals surface area contributed by atoms with Crippen molar-refractivity contribution >= 4 is 34.1 Å². The minimum atomic E-state index is -0.197. The Morgan fingerprint density at radius 1 is 0.973 bits per heavy atom. The van der Waals surface area contributed by atoms with Crippen molar-refractivity contribution in [3.8, 4) is 5.75 Å².